The van der Waals surface area contributed by atoms with Gasteiger partial charge in [-0.15, -0.1) is 0 Å². The lowest BCUT2D eigenvalue weighted by atomic mass is 9.48. The fraction of sp³-hybridized carbons (Fsp3) is 0.324. The molecule has 0 saturated heterocycles. The summed E-state index contributed by atoms with van der Waals surface area (Å²) in [4.78, 5) is 11.5. The molecule has 0 heterocycles. The summed E-state index contributed by atoms with van der Waals surface area (Å²) < 4.78 is 6.62. The molecule has 2 N–H and O–H groups in total. The lowest BCUT2D eigenvalue weighted by Gasteiger charge is -2.57. The van der Waals surface area contributed by atoms with Crippen molar-refractivity contribution in [2.24, 2.45) is 17.8 Å². The highest BCUT2D eigenvalue weighted by molar-refractivity contribution is 5.99. The third kappa shape index (κ3) is 3.94. The minimum absolute atomic E-state index is 0.0835. The van der Waals surface area contributed by atoms with Crippen molar-refractivity contribution in [1.82, 2.24) is 0 Å². The Morgan fingerprint density at radius 2 is 1.55 bits per heavy atom. The van der Waals surface area contributed by atoms with Crippen LogP contribution in [0.25, 0.3) is 21.9 Å². The average Bonchev–Trinajstić information content (AvgIpc) is 2.90. The van der Waals surface area contributed by atoms with Crippen molar-refractivity contribution >= 4 is 16.7 Å². The van der Waals surface area contributed by atoms with Crippen molar-refractivity contribution in [2.75, 3.05) is 0 Å². The number of benzene rings is 4. The van der Waals surface area contributed by atoms with E-state index in [0.29, 0.717) is 6.61 Å². The standard InChI is InChI=1S/C34H32O4/c35-31-14-26(9-10-28(31)33(36)37)27-8-4-7-25-15-32(38-20-21-5-2-1-3-6-21)30(16-29(25)27)34-17-22-11-23(18-34)13-24(12-22)19-34/h1-10,14-16,22-24,35H,11-13,17-20H2,(H,36,37). The van der Waals surface area contributed by atoms with Gasteiger partial charge in [-0.3, -0.25) is 0 Å². The lowest BCUT2D eigenvalue weighted by Crippen LogP contribution is -2.48. The number of hydrogen-bond donors (Lipinski definition) is 2. The van der Waals surface area contributed by atoms with Crippen LogP contribution in [-0.2, 0) is 12.0 Å². The van der Waals surface area contributed by atoms with Crippen LogP contribution in [0.15, 0.2) is 78.9 Å². The number of aromatic hydroxyl groups is 1. The Bertz CT molecular complexity index is 1500. The van der Waals surface area contributed by atoms with Gasteiger partial charge in [-0.1, -0.05) is 54.6 Å². The summed E-state index contributed by atoms with van der Waals surface area (Å²) in [5.74, 6) is 2.09. The lowest BCUT2D eigenvalue weighted by molar-refractivity contribution is -0.00640. The first-order valence-corrected chi connectivity index (χ1v) is 13.8. The molecule has 38 heavy (non-hydrogen) atoms. The van der Waals surface area contributed by atoms with Gasteiger partial charge in [0.2, 0.25) is 0 Å². The minimum atomic E-state index is -1.13. The van der Waals surface area contributed by atoms with E-state index in [1.807, 2.05) is 12.1 Å². The molecule has 0 amide bonds. The van der Waals surface area contributed by atoms with Gasteiger partial charge >= 0.3 is 5.97 Å². The first-order chi connectivity index (χ1) is 18.5. The molecule has 4 aliphatic rings. The summed E-state index contributed by atoms with van der Waals surface area (Å²) in [6.45, 7) is 0.538. The number of carbonyl (C=O) groups is 1. The van der Waals surface area contributed by atoms with Gasteiger partial charge in [-0.05, 0) is 113 Å². The molecule has 4 heteroatoms. The zero-order valence-electron chi connectivity index (χ0n) is 21.4. The van der Waals surface area contributed by atoms with Crippen LogP contribution in [-0.4, -0.2) is 16.2 Å². The van der Waals surface area contributed by atoms with Gasteiger partial charge in [0, 0.05) is 5.56 Å². The molecule has 4 aromatic carbocycles. The third-order valence-corrected chi connectivity index (χ3v) is 9.37. The number of phenols is 1. The zero-order valence-corrected chi connectivity index (χ0v) is 21.4. The molecule has 4 bridgehead atoms. The predicted molar refractivity (Wildman–Crippen MR) is 149 cm³/mol. The molecular formula is C34H32O4. The molecule has 0 aliphatic heterocycles. The van der Waals surface area contributed by atoms with E-state index in [0.717, 1.165) is 51.0 Å². The second kappa shape index (κ2) is 8.90. The molecule has 0 aromatic heterocycles. The maximum Gasteiger partial charge on any atom is 0.339 e. The molecule has 192 valence electrons. The van der Waals surface area contributed by atoms with E-state index >= 15 is 0 Å². The SMILES string of the molecule is O=C(O)c1ccc(-c2cccc3cc(OCc4ccccc4)c(C45CC6CC(CC(C6)C4)C5)cc23)cc1O. The van der Waals surface area contributed by atoms with E-state index in [2.05, 4.69) is 48.5 Å². The van der Waals surface area contributed by atoms with Crippen LogP contribution in [0.5, 0.6) is 11.5 Å². The maximum atomic E-state index is 11.5. The van der Waals surface area contributed by atoms with Gasteiger partial charge < -0.3 is 14.9 Å². The molecule has 8 rings (SSSR count). The Labute approximate surface area is 222 Å². The van der Waals surface area contributed by atoms with E-state index < -0.39 is 5.97 Å². The van der Waals surface area contributed by atoms with Gasteiger partial charge in [0.15, 0.2) is 0 Å². The van der Waals surface area contributed by atoms with E-state index in [-0.39, 0.29) is 16.7 Å². The summed E-state index contributed by atoms with van der Waals surface area (Å²) in [6.07, 6.45) is 7.86. The van der Waals surface area contributed by atoms with Crippen LogP contribution in [0.4, 0.5) is 0 Å². The van der Waals surface area contributed by atoms with E-state index in [1.165, 1.54) is 50.2 Å². The van der Waals surface area contributed by atoms with Crippen molar-refractivity contribution in [2.45, 2.75) is 50.5 Å². The van der Waals surface area contributed by atoms with Crippen LogP contribution < -0.4 is 4.74 Å². The van der Waals surface area contributed by atoms with E-state index in [4.69, 9.17) is 4.74 Å². The Kier molecular flexibility index (Phi) is 5.47. The monoisotopic (exact) mass is 504 g/mol. The number of aromatic carboxylic acids is 1. The Morgan fingerprint density at radius 3 is 2.21 bits per heavy atom. The Balaban J connectivity index is 1.37. The molecule has 0 atom stereocenters. The van der Waals surface area contributed by atoms with E-state index in [1.54, 1.807) is 12.1 Å². The molecular weight excluding hydrogens is 472 g/mol. The van der Waals surface area contributed by atoms with Gasteiger partial charge in [-0.2, -0.15) is 0 Å². The molecule has 0 unspecified atom stereocenters. The maximum absolute atomic E-state index is 11.5. The second-order valence-electron chi connectivity index (χ2n) is 11.9. The van der Waals surface area contributed by atoms with Crippen LogP contribution in [0.1, 0.15) is 60.0 Å². The number of hydrogen-bond acceptors (Lipinski definition) is 3. The molecule has 4 fully saturated rings. The fourth-order valence-corrected chi connectivity index (χ4v) is 8.15. The van der Waals surface area contributed by atoms with Crippen LogP contribution >= 0.6 is 0 Å². The minimum Gasteiger partial charge on any atom is -0.507 e. The van der Waals surface area contributed by atoms with Crippen LogP contribution in [0.2, 0.25) is 0 Å². The summed E-state index contributed by atoms with van der Waals surface area (Å²) in [5, 5.41) is 22.0. The van der Waals surface area contributed by atoms with Crippen molar-refractivity contribution < 1.29 is 19.7 Å². The van der Waals surface area contributed by atoms with Crippen molar-refractivity contribution in [1.29, 1.82) is 0 Å². The highest BCUT2D eigenvalue weighted by atomic mass is 16.5. The normalized spacial score (nSPS) is 25.5. The third-order valence-electron chi connectivity index (χ3n) is 9.37. The highest BCUT2D eigenvalue weighted by Gasteiger charge is 2.52. The summed E-state index contributed by atoms with van der Waals surface area (Å²) in [7, 11) is 0. The van der Waals surface area contributed by atoms with Crippen molar-refractivity contribution in [3.05, 3.63) is 95.6 Å². The predicted octanol–water partition coefficient (Wildman–Crippen LogP) is 7.96. The van der Waals surface area contributed by atoms with Crippen molar-refractivity contribution in [3.8, 4) is 22.6 Å². The molecule has 4 aromatic rings. The Hall–Kier alpha value is -3.79. The zero-order chi connectivity index (χ0) is 25.9. The number of ether oxygens (including phenoxy) is 1. The molecule has 4 aliphatic carbocycles. The molecule has 0 spiro atoms. The smallest absolute Gasteiger partial charge is 0.339 e. The van der Waals surface area contributed by atoms with Crippen molar-refractivity contribution in [3.63, 3.8) is 0 Å². The fourth-order valence-electron chi connectivity index (χ4n) is 8.15. The average molecular weight is 505 g/mol. The number of rotatable bonds is 6. The summed E-state index contributed by atoms with van der Waals surface area (Å²) >= 11 is 0. The second-order valence-corrected chi connectivity index (χ2v) is 11.9. The summed E-state index contributed by atoms with van der Waals surface area (Å²) in [6, 6.07) is 26.0. The Morgan fingerprint density at radius 1 is 0.842 bits per heavy atom. The van der Waals surface area contributed by atoms with Gasteiger partial charge in [0.25, 0.3) is 0 Å². The number of fused-ring (bicyclic) bond motifs is 1. The van der Waals surface area contributed by atoms with Crippen LogP contribution in [0.3, 0.4) is 0 Å². The molecule has 4 nitrogen and oxygen atoms in total. The summed E-state index contributed by atoms with van der Waals surface area (Å²) in [5.41, 5.74) is 4.37. The van der Waals surface area contributed by atoms with Crippen LogP contribution in [0, 0.1) is 17.8 Å². The highest BCUT2D eigenvalue weighted by Crippen LogP contribution is 2.62. The first kappa shape index (κ1) is 23.3. The van der Waals surface area contributed by atoms with Gasteiger partial charge in [0.1, 0.15) is 23.7 Å². The number of carboxylic acid groups (broad SMARTS) is 1. The molecule has 0 radical (unpaired) electrons. The number of carboxylic acids is 1. The van der Waals surface area contributed by atoms with E-state index in [9.17, 15) is 15.0 Å². The largest absolute Gasteiger partial charge is 0.507 e. The topological polar surface area (TPSA) is 66.8 Å². The first-order valence-electron chi connectivity index (χ1n) is 13.8. The van der Waals surface area contributed by atoms with Gasteiger partial charge in [0.05, 0.1) is 0 Å². The molecule has 4 saturated carbocycles. The quantitative estimate of drug-likeness (QED) is 0.280. The van der Waals surface area contributed by atoms with Gasteiger partial charge in [-0.25, -0.2) is 4.79 Å².